The zero-order chi connectivity index (χ0) is 30.5. The molecule has 3 atom stereocenters. The van der Waals surface area contributed by atoms with E-state index in [0.29, 0.717) is 31.5 Å². The second kappa shape index (κ2) is 16.9. The maximum Gasteiger partial charge on any atom is 0.268 e. The molecule has 0 saturated carbocycles. The van der Waals surface area contributed by atoms with E-state index < -0.39 is 29.0 Å². The Morgan fingerprint density at radius 3 is 2.63 bits per heavy atom. The number of imide groups is 1. The normalized spacial score (nSPS) is 16.8. The molecule has 2 unspecified atom stereocenters. The average Bonchev–Trinajstić information content (AvgIpc) is 3.21. The van der Waals surface area contributed by atoms with Crippen molar-refractivity contribution in [2.75, 3.05) is 32.0 Å². The molecule has 0 aliphatic carbocycles. The lowest BCUT2D eigenvalue weighted by Crippen LogP contribution is -2.42. The summed E-state index contributed by atoms with van der Waals surface area (Å²) in [6.07, 6.45) is 0.916. The minimum Gasteiger partial charge on any atom is -0.506 e. The predicted molar refractivity (Wildman–Crippen MR) is 160 cm³/mol. The number of carbonyl (C=O) groups excluding carboxylic acids is 5. The van der Waals surface area contributed by atoms with E-state index >= 15 is 0 Å². The summed E-state index contributed by atoms with van der Waals surface area (Å²) < 4.78 is 0. The first-order chi connectivity index (χ1) is 19.5. The monoisotopic (exact) mass is 609 g/mol. The Kier molecular flexibility index (Phi) is 14.0. The van der Waals surface area contributed by atoms with Gasteiger partial charge in [-0.15, -0.1) is 12.6 Å². The van der Waals surface area contributed by atoms with E-state index in [1.807, 2.05) is 0 Å². The number of nitrogens with zero attached hydrogens (tertiary/aromatic N) is 1. The smallest absolute Gasteiger partial charge is 0.268 e. The molecule has 15 heteroatoms. The molecular formula is C26H39N7O6S2. The van der Waals surface area contributed by atoms with Crippen molar-refractivity contribution in [1.82, 2.24) is 20.9 Å². The van der Waals surface area contributed by atoms with Crippen LogP contribution in [0.2, 0.25) is 0 Å². The van der Waals surface area contributed by atoms with Crippen LogP contribution < -0.4 is 32.1 Å². The lowest BCUT2D eigenvalue weighted by atomic mass is 9.95. The number of likely N-dealkylation sites (tertiary alicyclic amines) is 1. The Hall–Kier alpha value is -3.27. The highest BCUT2D eigenvalue weighted by molar-refractivity contribution is 7.98. The van der Waals surface area contributed by atoms with Crippen molar-refractivity contribution >= 4 is 59.8 Å². The molecule has 1 saturated heterocycles. The van der Waals surface area contributed by atoms with E-state index in [1.165, 1.54) is 11.5 Å². The lowest BCUT2D eigenvalue weighted by molar-refractivity contribution is -0.138. The van der Waals surface area contributed by atoms with Crippen molar-refractivity contribution in [2.24, 2.45) is 16.8 Å². The predicted octanol–water partition coefficient (Wildman–Crippen LogP) is -0.0357. The van der Waals surface area contributed by atoms with E-state index in [1.54, 1.807) is 26.1 Å². The molecule has 1 aliphatic heterocycles. The summed E-state index contributed by atoms with van der Waals surface area (Å²) in [4.78, 5) is 63.0. The van der Waals surface area contributed by atoms with Crippen molar-refractivity contribution in [3.63, 3.8) is 0 Å². The molecule has 2 rings (SSSR count). The minimum absolute atomic E-state index is 0.0120. The molecule has 1 fully saturated rings. The number of hydrogen-bond acceptors (Lipinski definition) is 11. The fourth-order valence-corrected chi connectivity index (χ4v) is 5.02. The molecule has 0 bridgehead atoms. The van der Waals surface area contributed by atoms with Crippen LogP contribution in [-0.2, 0) is 30.4 Å². The second-order valence-electron chi connectivity index (χ2n) is 9.60. The molecule has 0 spiro atoms. The summed E-state index contributed by atoms with van der Waals surface area (Å²) in [5, 5.41) is 27.6. The van der Waals surface area contributed by atoms with Gasteiger partial charge in [0.25, 0.3) is 5.91 Å². The number of thiol groups is 1. The van der Waals surface area contributed by atoms with Crippen molar-refractivity contribution in [3.8, 4) is 5.75 Å². The van der Waals surface area contributed by atoms with Crippen molar-refractivity contribution in [2.45, 2.75) is 50.3 Å². The lowest BCUT2D eigenvalue weighted by Gasteiger charge is -2.23. The number of nitrogens with one attached hydrogen (secondary N) is 4. The zero-order valence-electron chi connectivity index (χ0n) is 23.1. The molecule has 1 aromatic rings. The van der Waals surface area contributed by atoms with Crippen LogP contribution in [0.15, 0.2) is 29.3 Å². The van der Waals surface area contributed by atoms with Crippen molar-refractivity contribution in [3.05, 3.63) is 34.9 Å². The Morgan fingerprint density at radius 1 is 1.29 bits per heavy atom. The van der Waals surface area contributed by atoms with Crippen LogP contribution in [0.5, 0.6) is 5.75 Å². The molecule has 5 amide bonds. The number of phenolic OH excluding ortho intramolecular Hbond substituents is 1. The van der Waals surface area contributed by atoms with Crippen LogP contribution in [0.25, 0.3) is 0 Å². The third-order valence-corrected chi connectivity index (χ3v) is 7.43. The first kappa shape index (κ1) is 33.9. The number of phenols is 1. The van der Waals surface area contributed by atoms with Gasteiger partial charge in [0.2, 0.25) is 23.6 Å². The fraction of sp³-hybridized carbons (Fsp3) is 0.500. The summed E-state index contributed by atoms with van der Waals surface area (Å²) in [5.41, 5.74) is 6.58. The number of likely N-dealkylation sites (N-methyl/N-ethyl adjacent to an activating group) is 1. The van der Waals surface area contributed by atoms with Gasteiger partial charge in [0.05, 0.1) is 5.69 Å². The van der Waals surface area contributed by atoms with E-state index in [2.05, 4.69) is 33.9 Å². The molecule has 41 heavy (non-hydrogen) atoms. The van der Waals surface area contributed by atoms with Gasteiger partial charge in [-0.2, -0.15) is 0 Å². The number of benzene rings is 1. The number of carbonyl (C=O) groups is 5. The molecule has 13 nitrogen and oxygen atoms in total. The van der Waals surface area contributed by atoms with E-state index in [4.69, 9.17) is 10.9 Å². The fourth-order valence-electron chi connectivity index (χ4n) is 4.30. The van der Waals surface area contributed by atoms with Crippen molar-refractivity contribution < 1.29 is 29.1 Å². The largest absolute Gasteiger partial charge is 0.506 e. The number of aromatic hydroxyl groups is 1. The minimum atomic E-state index is -0.591. The molecule has 1 heterocycles. The third kappa shape index (κ3) is 10.3. The topological polar surface area (TPSA) is 209 Å². The number of hydrogen-bond donors (Lipinski definition) is 8. The van der Waals surface area contributed by atoms with Crippen LogP contribution in [-0.4, -0.2) is 77.5 Å². The standard InChI is InChI=1S/C26H39N7O6S2/c1-15(24(37)30-8-7-27)10-17(31-25(38)19(14-40)29-2)11-16-5-6-20(34)18(12-16)32-22(35)4-3-9-33-23(36)13-21(41-28)26(33)39/h5-6,12,14-15,17,21,29,34,40H,3-4,7-11,13,27-28H2,1-2H3,(H,30,37)(H,31,38)(H,32,35)/b19-14-/t15?,17-,21?/m1/s1. The second-order valence-corrected chi connectivity index (χ2v) is 10.7. The van der Waals surface area contributed by atoms with E-state index in [-0.39, 0.29) is 60.7 Å². The number of rotatable bonds is 16. The summed E-state index contributed by atoms with van der Waals surface area (Å²) in [6, 6.07) is 4.21. The summed E-state index contributed by atoms with van der Waals surface area (Å²) in [5.74, 6) is -2.26. The van der Waals surface area contributed by atoms with Gasteiger partial charge in [0.1, 0.15) is 16.7 Å². The van der Waals surface area contributed by atoms with E-state index in [9.17, 15) is 29.1 Å². The van der Waals surface area contributed by atoms with Crippen LogP contribution in [0, 0.1) is 5.92 Å². The summed E-state index contributed by atoms with van der Waals surface area (Å²) >= 11 is 4.88. The molecule has 0 aromatic heterocycles. The van der Waals surface area contributed by atoms with Gasteiger partial charge in [-0.05, 0) is 42.4 Å². The Bertz CT molecular complexity index is 1150. The first-order valence-electron chi connectivity index (χ1n) is 13.2. The molecule has 1 aromatic carbocycles. The van der Waals surface area contributed by atoms with Gasteiger partial charge in [-0.3, -0.25) is 34.0 Å². The van der Waals surface area contributed by atoms with Crippen LogP contribution in [0.4, 0.5) is 5.69 Å². The Balaban J connectivity index is 2.07. The number of anilines is 1. The SMILES string of the molecule is CN/C(=C\S)C(=O)N[C@@H](Cc1ccc(O)c(NC(=O)CCCN2C(=O)CC(SN)C2=O)c1)CC(C)C(=O)NCCN. The summed E-state index contributed by atoms with van der Waals surface area (Å²) in [7, 11) is 1.59. The zero-order valence-corrected chi connectivity index (χ0v) is 24.9. The maximum atomic E-state index is 12.7. The van der Waals surface area contributed by atoms with Gasteiger partial charge >= 0.3 is 0 Å². The van der Waals surface area contributed by atoms with Crippen molar-refractivity contribution in [1.29, 1.82) is 0 Å². The molecule has 1 aliphatic rings. The molecular weight excluding hydrogens is 570 g/mol. The van der Waals surface area contributed by atoms with Crippen LogP contribution >= 0.6 is 24.6 Å². The maximum absolute atomic E-state index is 12.7. The molecule has 9 N–H and O–H groups in total. The quantitative estimate of drug-likeness (QED) is 0.0412. The van der Waals surface area contributed by atoms with E-state index in [0.717, 1.165) is 16.8 Å². The third-order valence-electron chi connectivity index (χ3n) is 6.48. The number of nitrogens with two attached hydrogens (primary N) is 2. The first-order valence-corrected chi connectivity index (χ1v) is 14.6. The number of amides is 5. The summed E-state index contributed by atoms with van der Waals surface area (Å²) in [6.45, 7) is 2.49. The Morgan fingerprint density at radius 2 is 2.02 bits per heavy atom. The Labute approximate surface area is 249 Å². The molecule has 0 radical (unpaired) electrons. The molecule has 226 valence electrons. The highest BCUT2D eigenvalue weighted by Gasteiger charge is 2.38. The van der Waals surface area contributed by atoms with Gasteiger partial charge in [-0.1, -0.05) is 24.9 Å². The highest BCUT2D eigenvalue weighted by atomic mass is 32.2. The van der Waals surface area contributed by atoms with Gasteiger partial charge in [0, 0.05) is 51.5 Å². The van der Waals surface area contributed by atoms with Crippen LogP contribution in [0.3, 0.4) is 0 Å². The average molecular weight is 610 g/mol. The van der Waals surface area contributed by atoms with Gasteiger partial charge < -0.3 is 32.1 Å². The highest BCUT2D eigenvalue weighted by Crippen LogP contribution is 2.26. The van der Waals surface area contributed by atoms with Crippen LogP contribution in [0.1, 0.15) is 38.2 Å². The van der Waals surface area contributed by atoms with Gasteiger partial charge in [-0.25, -0.2) is 0 Å². The van der Waals surface area contributed by atoms with Gasteiger partial charge in [0.15, 0.2) is 0 Å².